The Morgan fingerprint density at radius 1 is 1.30 bits per heavy atom. The first-order valence-electron chi connectivity index (χ1n) is 8.72. The van der Waals surface area contributed by atoms with E-state index in [-0.39, 0.29) is 5.97 Å². The van der Waals surface area contributed by atoms with Crippen molar-refractivity contribution in [2.24, 2.45) is 5.41 Å². The van der Waals surface area contributed by atoms with Crippen molar-refractivity contribution < 1.29 is 19.4 Å². The lowest BCUT2D eigenvalue weighted by molar-refractivity contribution is -0.144. The molecule has 0 amide bonds. The number of carbonyl (C=O) groups excluding carboxylic acids is 1. The molecule has 0 bridgehead atoms. The predicted octanol–water partition coefficient (Wildman–Crippen LogP) is 4.54. The fourth-order valence-corrected chi connectivity index (χ4v) is 4.27. The molecule has 2 aromatic rings. The molecule has 3 rings (SSSR count). The maximum absolute atomic E-state index is 12.1. The molecule has 1 aromatic heterocycles. The molecule has 0 aliphatic carbocycles. The smallest absolute Gasteiger partial charge is 0.325 e. The summed E-state index contributed by atoms with van der Waals surface area (Å²) in [5.41, 5.74) is 1.01. The topological polar surface area (TPSA) is 66.8 Å². The van der Waals surface area contributed by atoms with Gasteiger partial charge in [-0.15, -0.1) is 11.3 Å². The van der Waals surface area contributed by atoms with Crippen LogP contribution in [0, 0.1) is 5.41 Å². The highest BCUT2D eigenvalue weighted by Crippen LogP contribution is 2.38. The molecule has 2 heterocycles. The molecule has 1 aliphatic rings. The summed E-state index contributed by atoms with van der Waals surface area (Å²) in [4.78, 5) is 27.1. The number of hydrogen-bond donors (Lipinski definition) is 1. The zero-order chi connectivity index (χ0) is 19.8. The summed E-state index contributed by atoms with van der Waals surface area (Å²) >= 11 is 7.70. The summed E-state index contributed by atoms with van der Waals surface area (Å²) < 4.78 is 5.50. The number of fused-ring (bicyclic) bond motifs is 1. The standard InChI is InChI=1S/C20H22ClNO4S/c1-20(2,3)19(25)26-16-10-12-11-22(9-8-15(12)27-16)17(18(23)24)13-6-4-5-7-14(13)21/h4-7,10,17H,8-9,11H2,1-3H3,(H,23,24). The minimum atomic E-state index is -0.929. The fourth-order valence-electron chi connectivity index (χ4n) is 3.03. The third kappa shape index (κ3) is 4.34. The van der Waals surface area contributed by atoms with E-state index in [4.69, 9.17) is 16.3 Å². The summed E-state index contributed by atoms with van der Waals surface area (Å²) in [6.07, 6.45) is 0.710. The molecule has 0 saturated carbocycles. The highest BCUT2D eigenvalue weighted by Gasteiger charge is 2.33. The Hall–Kier alpha value is -1.89. The van der Waals surface area contributed by atoms with Crippen LogP contribution >= 0.6 is 22.9 Å². The van der Waals surface area contributed by atoms with Gasteiger partial charge in [0.25, 0.3) is 0 Å². The minimum absolute atomic E-state index is 0.280. The molecule has 0 fully saturated rings. The Kier molecular flexibility index (Phi) is 5.60. The van der Waals surface area contributed by atoms with E-state index in [2.05, 4.69) is 0 Å². The number of thiophene rings is 1. The average Bonchev–Trinajstić information content (AvgIpc) is 2.97. The van der Waals surface area contributed by atoms with Crippen LogP contribution in [0.3, 0.4) is 0 Å². The number of halogens is 1. The number of ether oxygens (including phenoxy) is 1. The van der Waals surface area contributed by atoms with Gasteiger partial charge >= 0.3 is 11.9 Å². The average molecular weight is 408 g/mol. The van der Waals surface area contributed by atoms with Crippen LogP contribution in [0.4, 0.5) is 0 Å². The number of esters is 1. The van der Waals surface area contributed by atoms with Crippen molar-refractivity contribution in [1.29, 1.82) is 0 Å². The van der Waals surface area contributed by atoms with Crippen molar-refractivity contribution in [3.63, 3.8) is 0 Å². The maximum Gasteiger partial charge on any atom is 0.325 e. The van der Waals surface area contributed by atoms with Crippen LogP contribution in [-0.2, 0) is 22.6 Å². The van der Waals surface area contributed by atoms with Gasteiger partial charge in [0.2, 0.25) is 0 Å². The van der Waals surface area contributed by atoms with E-state index in [0.29, 0.717) is 35.2 Å². The summed E-state index contributed by atoms with van der Waals surface area (Å²) in [5, 5.41) is 10.8. The van der Waals surface area contributed by atoms with E-state index in [0.717, 1.165) is 10.4 Å². The third-order valence-electron chi connectivity index (χ3n) is 4.48. The summed E-state index contributed by atoms with van der Waals surface area (Å²) in [6, 6.07) is 8.07. The second kappa shape index (κ2) is 7.62. The monoisotopic (exact) mass is 407 g/mol. The Morgan fingerprint density at radius 3 is 2.63 bits per heavy atom. The number of carboxylic acid groups (broad SMARTS) is 1. The van der Waals surface area contributed by atoms with Crippen LogP contribution in [0.1, 0.15) is 42.8 Å². The molecule has 0 radical (unpaired) electrons. The van der Waals surface area contributed by atoms with E-state index in [1.54, 1.807) is 24.3 Å². The molecule has 1 aliphatic heterocycles. The van der Waals surface area contributed by atoms with E-state index < -0.39 is 17.4 Å². The molecule has 7 heteroatoms. The van der Waals surface area contributed by atoms with E-state index in [1.807, 2.05) is 31.7 Å². The van der Waals surface area contributed by atoms with Gasteiger partial charge in [-0.3, -0.25) is 14.5 Å². The van der Waals surface area contributed by atoms with Crippen LogP contribution in [0.25, 0.3) is 0 Å². The van der Waals surface area contributed by atoms with Gasteiger partial charge in [0, 0.05) is 23.0 Å². The van der Waals surface area contributed by atoms with Gasteiger partial charge in [-0.1, -0.05) is 29.8 Å². The molecule has 1 unspecified atom stereocenters. The SMILES string of the molecule is CC(C)(C)C(=O)Oc1cc2c(s1)CCN(C(C(=O)O)c1ccccc1Cl)C2. The molecular weight excluding hydrogens is 386 g/mol. The minimum Gasteiger partial charge on any atom is -0.480 e. The quantitative estimate of drug-likeness (QED) is 0.754. The Bertz CT molecular complexity index is 871. The van der Waals surface area contributed by atoms with Crippen molar-refractivity contribution in [3.8, 4) is 5.06 Å². The van der Waals surface area contributed by atoms with E-state index >= 15 is 0 Å². The van der Waals surface area contributed by atoms with Gasteiger partial charge in [-0.2, -0.15) is 0 Å². The van der Waals surface area contributed by atoms with Crippen LogP contribution in [0.15, 0.2) is 30.3 Å². The lowest BCUT2D eigenvalue weighted by Crippen LogP contribution is -2.37. The van der Waals surface area contributed by atoms with Crippen molar-refractivity contribution in [3.05, 3.63) is 51.4 Å². The largest absolute Gasteiger partial charge is 0.480 e. The Labute approximate surface area is 167 Å². The molecule has 5 nitrogen and oxygen atoms in total. The van der Waals surface area contributed by atoms with Gasteiger partial charge in [0.05, 0.1) is 5.41 Å². The first-order valence-corrected chi connectivity index (χ1v) is 9.91. The summed E-state index contributed by atoms with van der Waals surface area (Å²) in [6.45, 7) is 6.51. The first kappa shape index (κ1) is 19.9. The van der Waals surface area contributed by atoms with Crippen LogP contribution < -0.4 is 4.74 Å². The highest BCUT2D eigenvalue weighted by molar-refractivity contribution is 7.14. The number of carboxylic acids is 1. The van der Waals surface area contributed by atoms with Gasteiger partial charge < -0.3 is 9.84 Å². The second-order valence-corrected chi connectivity index (χ2v) is 9.14. The van der Waals surface area contributed by atoms with Gasteiger partial charge in [-0.25, -0.2) is 0 Å². The number of nitrogens with zero attached hydrogens (tertiary/aromatic N) is 1. The molecule has 1 N–H and O–H groups in total. The van der Waals surface area contributed by atoms with Gasteiger partial charge in [0.1, 0.15) is 6.04 Å². The number of aliphatic carboxylic acids is 1. The number of hydrogen-bond acceptors (Lipinski definition) is 5. The van der Waals surface area contributed by atoms with Crippen LogP contribution in [0.2, 0.25) is 5.02 Å². The summed E-state index contributed by atoms with van der Waals surface area (Å²) in [5.74, 6) is -1.21. The van der Waals surface area contributed by atoms with Crippen molar-refractivity contribution in [2.75, 3.05) is 6.54 Å². The van der Waals surface area contributed by atoms with Crippen molar-refractivity contribution in [2.45, 2.75) is 39.8 Å². The Morgan fingerprint density at radius 2 is 2.00 bits per heavy atom. The van der Waals surface area contributed by atoms with Crippen molar-refractivity contribution in [1.82, 2.24) is 4.90 Å². The molecular formula is C20H22ClNO4S. The molecule has 144 valence electrons. The number of rotatable bonds is 4. The normalized spacial score (nSPS) is 15.9. The Balaban J connectivity index is 1.82. The van der Waals surface area contributed by atoms with Gasteiger partial charge in [-0.05, 0) is 50.5 Å². The second-order valence-electron chi connectivity index (χ2n) is 7.64. The zero-order valence-electron chi connectivity index (χ0n) is 15.5. The molecule has 1 atom stereocenters. The van der Waals surface area contributed by atoms with Crippen LogP contribution in [0.5, 0.6) is 5.06 Å². The fraction of sp³-hybridized carbons (Fsp3) is 0.400. The van der Waals surface area contributed by atoms with E-state index in [1.165, 1.54) is 11.3 Å². The van der Waals surface area contributed by atoms with Crippen molar-refractivity contribution >= 4 is 34.9 Å². The zero-order valence-corrected chi connectivity index (χ0v) is 17.1. The molecule has 0 saturated heterocycles. The van der Waals surface area contributed by atoms with Gasteiger partial charge in [0.15, 0.2) is 5.06 Å². The lowest BCUT2D eigenvalue weighted by Gasteiger charge is -2.32. The maximum atomic E-state index is 12.1. The lowest BCUT2D eigenvalue weighted by atomic mass is 9.97. The summed E-state index contributed by atoms with van der Waals surface area (Å²) in [7, 11) is 0. The number of benzene rings is 1. The van der Waals surface area contributed by atoms with Crippen LogP contribution in [-0.4, -0.2) is 28.5 Å². The first-order chi connectivity index (χ1) is 12.7. The number of carbonyl (C=O) groups is 2. The third-order valence-corrected chi connectivity index (χ3v) is 5.94. The predicted molar refractivity (Wildman–Crippen MR) is 105 cm³/mol. The molecule has 27 heavy (non-hydrogen) atoms. The molecule has 0 spiro atoms. The highest BCUT2D eigenvalue weighted by atomic mass is 35.5. The van der Waals surface area contributed by atoms with E-state index in [9.17, 15) is 14.7 Å². The molecule has 1 aromatic carbocycles.